The molecule has 0 radical (unpaired) electrons. The quantitative estimate of drug-likeness (QED) is 0.184. The van der Waals surface area contributed by atoms with E-state index >= 15 is 0 Å². The van der Waals surface area contributed by atoms with Crippen LogP contribution in [0.1, 0.15) is 43.1 Å². The van der Waals surface area contributed by atoms with Gasteiger partial charge >= 0.3 is 0 Å². The summed E-state index contributed by atoms with van der Waals surface area (Å²) < 4.78 is 2.42. The van der Waals surface area contributed by atoms with Gasteiger partial charge in [-0.2, -0.15) is 0 Å². The van der Waals surface area contributed by atoms with Gasteiger partial charge in [0.1, 0.15) is 0 Å². The van der Waals surface area contributed by atoms with Crippen LogP contribution >= 0.6 is 0 Å². The molecule has 256 valence electrons. The highest BCUT2D eigenvalue weighted by molar-refractivity contribution is 6.14. The van der Waals surface area contributed by atoms with E-state index in [1.54, 1.807) is 0 Å². The standard InChI is InChI=1S/C50H36N4/c1-50(2)42-20-10-8-18-37(42)38-26-25-36(29-43(38)50)49-52-47(32-13-4-3-5-14-32)51-48(53-49)35-24-23-31-17-12-22-45(40(31)28-35)54-44-21-11-9-19-39(44)41-27-33-15-6-7-16-34(33)30-46(41)54/h3-25,27-30,38H,26H2,1-2H3. The lowest BCUT2D eigenvalue weighted by atomic mass is 9.77. The maximum Gasteiger partial charge on any atom is 0.164 e. The number of aromatic nitrogens is 4. The number of fused-ring (bicyclic) bond motifs is 8. The summed E-state index contributed by atoms with van der Waals surface area (Å²) in [5, 5.41) is 7.26. The van der Waals surface area contributed by atoms with Gasteiger partial charge in [-0.15, -0.1) is 0 Å². The van der Waals surface area contributed by atoms with E-state index in [9.17, 15) is 0 Å². The van der Waals surface area contributed by atoms with Gasteiger partial charge in [0.05, 0.1) is 16.7 Å². The maximum absolute atomic E-state index is 5.26. The number of para-hydroxylation sites is 1. The van der Waals surface area contributed by atoms with E-state index in [1.807, 2.05) is 18.2 Å². The van der Waals surface area contributed by atoms with Gasteiger partial charge < -0.3 is 4.57 Å². The van der Waals surface area contributed by atoms with Crippen LogP contribution in [0.3, 0.4) is 0 Å². The molecule has 2 aliphatic carbocycles. The van der Waals surface area contributed by atoms with Crippen LogP contribution < -0.4 is 0 Å². The topological polar surface area (TPSA) is 43.6 Å². The largest absolute Gasteiger partial charge is 0.309 e. The second-order valence-corrected chi connectivity index (χ2v) is 15.2. The zero-order valence-corrected chi connectivity index (χ0v) is 30.2. The Morgan fingerprint density at radius 1 is 0.537 bits per heavy atom. The Hall–Kier alpha value is -6.65. The number of nitrogens with zero attached hydrogens (tertiary/aromatic N) is 4. The molecule has 1 unspecified atom stereocenters. The first-order chi connectivity index (χ1) is 26.5. The Labute approximate surface area is 313 Å². The molecule has 0 amide bonds. The average Bonchev–Trinajstić information content (AvgIpc) is 3.66. The molecule has 11 rings (SSSR count). The average molecular weight is 693 g/mol. The van der Waals surface area contributed by atoms with Gasteiger partial charge in [0.15, 0.2) is 17.5 Å². The minimum atomic E-state index is -0.0628. The highest BCUT2D eigenvalue weighted by atomic mass is 15.0. The molecule has 0 fully saturated rings. The zero-order chi connectivity index (χ0) is 36.0. The molecule has 1 atom stereocenters. The fourth-order valence-electron chi connectivity index (χ4n) is 9.15. The molecule has 2 aliphatic rings. The Balaban J connectivity index is 1.10. The van der Waals surface area contributed by atoms with E-state index < -0.39 is 0 Å². The fourth-order valence-corrected chi connectivity index (χ4v) is 9.15. The first-order valence-electron chi connectivity index (χ1n) is 18.8. The molecule has 54 heavy (non-hydrogen) atoms. The van der Waals surface area contributed by atoms with Crippen LogP contribution in [-0.4, -0.2) is 19.5 Å². The molecule has 0 saturated carbocycles. The fraction of sp³-hybridized carbons (Fsp3) is 0.100. The third kappa shape index (κ3) is 4.66. The molecule has 7 aromatic carbocycles. The highest BCUT2D eigenvalue weighted by Crippen LogP contribution is 2.54. The molecule has 0 N–H and O–H groups in total. The lowest BCUT2D eigenvalue weighted by Gasteiger charge is -2.27. The van der Waals surface area contributed by atoms with Gasteiger partial charge in [-0.25, -0.2) is 15.0 Å². The third-order valence-electron chi connectivity index (χ3n) is 11.8. The Morgan fingerprint density at radius 3 is 2.11 bits per heavy atom. The van der Waals surface area contributed by atoms with Crippen LogP contribution in [-0.2, 0) is 5.41 Å². The van der Waals surface area contributed by atoms with Gasteiger partial charge in [0.25, 0.3) is 0 Å². The first kappa shape index (κ1) is 30.9. The monoisotopic (exact) mass is 692 g/mol. The van der Waals surface area contributed by atoms with Crippen molar-refractivity contribution in [1.29, 1.82) is 0 Å². The van der Waals surface area contributed by atoms with Gasteiger partial charge in [-0.1, -0.05) is 153 Å². The lowest BCUT2D eigenvalue weighted by Crippen LogP contribution is -2.18. The molecule has 2 heterocycles. The van der Waals surface area contributed by atoms with Crippen molar-refractivity contribution in [1.82, 2.24) is 19.5 Å². The summed E-state index contributed by atoms with van der Waals surface area (Å²) in [7, 11) is 0. The van der Waals surface area contributed by atoms with Crippen molar-refractivity contribution in [2.45, 2.75) is 31.6 Å². The van der Waals surface area contributed by atoms with E-state index in [2.05, 4.69) is 164 Å². The summed E-state index contributed by atoms with van der Waals surface area (Å²) in [6, 6.07) is 54.4. The van der Waals surface area contributed by atoms with Crippen molar-refractivity contribution in [3.8, 4) is 28.5 Å². The maximum atomic E-state index is 5.26. The normalized spacial score (nSPS) is 16.1. The summed E-state index contributed by atoms with van der Waals surface area (Å²) >= 11 is 0. The minimum Gasteiger partial charge on any atom is -0.309 e. The van der Waals surface area contributed by atoms with Gasteiger partial charge in [0.2, 0.25) is 0 Å². The second-order valence-electron chi connectivity index (χ2n) is 15.2. The molecule has 4 nitrogen and oxygen atoms in total. The lowest BCUT2D eigenvalue weighted by molar-refractivity contribution is 0.613. The van der Waals surface area contributed by atoms with Crippen molar-refractivity contribution < 1.29 is 0 Å². The Kier molecular flexibility index (Phi) is 6.69. The van der Waals surface area contributed by atoms with E-state index in [1.165, 1.54) is 49.3 Å². The number of benzene rings is 7. The first-order valence-corrected chi connectivity index (χ1v) is 18.8. The molecule has 2 aromatic heterocycles. The summed E-state index contributed by atoms with van der Waals surface area (Å²) in [5.74, 6) is 2.43. The Morgan fingerprint density at radius 2 is 1.24 bits per heavy atom. The summed E-state index contributed by atoms with van der Waals surface area (Å²) in [6.07, 6.45) is 5.61. The summed E-state index contributed by atoms with van der Waals surface area (Å²) in [6.45, 7) is 4.70. The molecular weight excluding hydrogens is 657 g/mol. The number of hydrogen-bond donors (Lipinski definition) is 0. The smallest absolute Gasteiger partial charge is 0.164 e. The number of hydrogen-bond acceptors (Lipinski definition) is 3. The van der Waals surface area contributed by atoms with Crippen LogP contribution in [0, 0.1) is 0 Å². The van der Waals surface area contributed by atoms with Crippen LogP contribution in [0.15, 0.2) is 169 Å². The van der Waals surface area contributed by atoms with E-state index in [0.717, 1.165) is 39.6 Å². The van der Waals surface area contributed by atoms with E-state index in [-0.39, 0.29) is 5.41 Å². The molecule has 0 bridgehead atoms. The highest BCUT2D eigenvalue weighted by Gasteiger charge is 2.42. The number of allylic oxidation sites excluding steroid dienone is 4. The van der Waals surface area contributed by atoms with Crippen LogP contribution in [0.5, 0.6) is 0 Å². The molecule has 0 spiro atoms. The molecule has 9 aromatic rings. The second kappa shape index (κ2) is 11.7. The van der Waals surface area contributed by atoms with Crippen LogP contribution in [0.25, 0.3) is 77.4 Å². The van der Waals surface area contributed by atoms with Crippen molar-refractivity contribution in [3.63, 3.8) is 0 Å². The number of rotatable bonds is 4. The van der Waals surface area contributed by atoms with Crippen molar-refractivity contribution >= 4 is 48.9 Å². The molecule has 0 saturated heterocycles. The third-order valence-corrected chi connectivity index (χ3v) is 11.8. The van der Waals surface area contributed by atoms with E-state index in [4.69, 9.17) is 15.0 Å². The molecule has 0 aliphatic heterocycles. The summed E-state index contributed by atoms with van der Waals surface area (Å²) in [4.78, 5) is 15.5. The predicted molar refractivity (Wildman–Crippen MR) is 223 cm³/mol. The van der Waals surface area contributed by atoms with Gasteiger partial charge in [-0.05, 0) is 64.0 Å². The van der Waals surface area contributed by atoms with Gasteiger partial charge in [-0.3, -0.25) is 0 Å². The Bertz CT molecular complexity index is 3050. The molecule has 4 heteroatoms. The van der Waals surface area contributed by atoms with Crippen molar-refractivity contribution in [2.24, 2.45) is 0 Å². The van der Waals surface area contributed by atoms with Crippen LogP contribution in [0.4, 0.5) is 0 Å². The summed E-state index contributed by atoms with van der Waals surface area (Å²) in [5.41, 5.74) is 10.7. The van der Waals surface area contributed by atoms with Crippen LogP contribution in [0.2, 0.25) is 0 Å². The van der Waals surface area contributed by atoms with Crippen molar-refractivity contribution in [2.75, 3.05) is 0 Å². The van der Waals surface area contributed by atoms with E-state index in [0.29, 0.717) is 23.4 Å². The minimum absolute atomic E-state index is 0.0628. The van der Waals surface area contributed by atoms with Gasteiger partial charge in [0, 0.05) is 44.2 Å². The molecular formula is C50H36N4. The SMILES string of the molecule is CC1(C)C2=CC(c3nc(-c4ccccc4)nc(-c4ccc5cccc(-n6c7ccccc7c7cc8ccccc8cc76)c5c4)n3)=CCC2c2ccccc21. The van der Waals surface area contributed by atoms with Crippen molar-refractivity contribution in [3.05, 3.63) is 186 Å². The zero-order valence-electron chi connectivity index (χ0n) is 30.2. The predicted octanol–water partition coefficient (Wildman–Crippen LogP) is 12.4.